The largest absolute Gasteiger partial charge is 0.418 e. The summed E-state index contributed by atoms with van der Waals surface area (Å²) >= 11 is 0. The molecule has 0 saturated heterocycles. The van der Waals surface area contributed by atoms with Crippen molar-refractivity contribution in [2.75, 3.05) is 6.54 Å². The van der Waals surface area contributed by atoms with E-state index < -0.39 is 9.04 Å². The molecule has 0 bridgehead atoms. The van der Waals surface area contributed by atoms with E-state index in [9.17, 15) is 0 Å². The highest BCUT2D eigenvalue weighted by Gasteiger charge is 2.09. The molecule has 0 aromatic rings. The number of hydrogen-bond donors (Lipinski definition) is 1. The van der Waals surface area contributed by atoms with Crippen molar-refractivity contribution in [2.45, 2.75) is 45.4 Å². The van der Waals surface area contributed by atoms with E-state index in [-0.39, 0.29) is 0 Å². The topological polar surface area (TPSA) is 35.2 Å². The minimum atomic E-state index is -0.868. The van der Waals surface area contributed by atoms with E-state index in [0.29, 0.717) is 6.10 Å². The van der Waals surface area contributed by atoms with Crippen molar-refractivity contribution in [3.8, 4) is 0 Å². The minimum Gasteiger partial charge on any atom is -0.418 e. The number of nitrogens with two attached hydrogens (primary N) is 1. The Labute approximate surface area is 71.8 Å². The van der Waals surface area contributed by atoms with Crippen LogP contribution in [0.1, 0.15) is 27.2 Å². The average molecular weight is 175 g/mol. The van der Waals surface area contributed by atoms with Crippen molar-refractivity contribution >= 4 is 9.04 Å². The fourth-order valence-corrected chi connectivity index (χ4v) is 3.30. The van der Waals surface area contributed by atoms with E-state index in [0.717, 1.165) is 13.0 Å². The summed E-state index contributed by atoms with van der Waals surface area (Å²) < 4.78 is 5.78. The molecular weight excluding hydrogens is 154 g/mol. The van der Waals surface area contributed by atoms with Crippen molar-refractivity contribution < 1.29 is 4.43 Å². The minimum absolute atomic E-state index is 0.407. The number of rotatable bonds is 6. The Balaban J connectivity index is 3.41. The monoisotopic (exact) mass is 175 g/mol. The predicted molar refractivity (Wildman–Crippen MR) is 52.3 cm³/mol. The molecule has 0 heterocycles. The van der Waals surface area contributed by atoms with Crippen LogP contribution in [-0.4, -0.2) is 21.7 Å². The van der Waals surface area contributed by atoms with Crippen molar-refractivity contribution in [2.24, 2.45) is 5.73 Å². The van der Waals surface area contributed by atoms with Crippen LogP contribution in [0, 0.1) is 0 Å². The van der Waals surface area contributed by atoms with Gasteiger partial charge in [0.05, 0.1) is 0 Å². The van der Waals surface area contributed by atoms with E-state index in [2.05, 4.69) is 20.8 Å². The first-order valence-corrected chi connectivity index (χ1v) is 6.66. The Hall–Kier alpha value is 0.137. The van der Waals surface area contributed by atoms with E-state index in [1.165, 1.54) is 12.1 Å². The molecule has 0 aliphatic heterocycles. The van der Waals surface area contributed by atoms with Crippen LogP contribution in [0.15, 0.2) is 0 Å². The van der Waals surface area contributed by atoms with Crippen LogP contribution in [0.4, 0.5) is 0 Å². The van der Waals surface area contributed by atoms with Crippen molar-refractivity contribution in [3.63, 3.8) is 0 Å². The first-order valence-electron chi connectivity index (χ1n) is 4.56. The first-order chi connectivity index (χ1) is 5.20. The third-order valence-electron chi connectivity index (χ3n) is 1.65. The second kappa shape index (κ2) is 6.82. The molecule has 2 nitrogen and oxygen atoms in total. The molecule has 2 N–H and O–H groups in total. The SMILES string of the molecule is CC[SiH](CCCN)OC(C)C. The summed E-state index contributed by atoms with van der Waals surface area (Å²) in [6.07, 6.45) is 1.54. The summed E-state index contributed by atoms with van der Waals surface area (Å²) in [5.41, 5.74) is 5.43. The molecule has 0 spiro atoms. The predicted octanol–water partition coefficient (Wildman–Crippen LogP) is 1.50. The maximum absolute atomic E-state index is 5.78. The summed E-state index contributed by atoms with van der Waals surface area (Å²) in [7, 11) is -0.868. The van der Waals surface area contributed by atoms with E-state index in [1.54, 1.807) is 0 Å². The smallest absolute Gasteiger partial charge is 0.177 e. The van der Waals surface area contributed by atoms with Gasteiger partial charge in [-0.2, -0.15) is 0 Å². The van der Waals surface area contributed by atoms with Crippen LogP contribution in [0.3, 0.4) is 0 Å². The van der Waals surface area contributed by atoms with Crippen molar-refractivity contribution in [3.05, 3.63) is 0 Å². The summed E-state index contributed by atoms with van der Waals surface area (Å²) in [6, 6.07) is 2.48. The zero-order chi connectivity index (χ0) is 8.69. The highest BCUT2D eigenvalue weighted by molar-refractivity contribution is 6.51. The summed E-state index contributed by atoms with van der Waals surface area (Å²) in [4.78, 5) is 0. The maximum atomic E-state index is 5.78. The lowest BCUT2D eigenvalue weighted by Gasteiger charge is -2.16. The average Bonchev–Trinajstić information content (AvgIpc) is 1.97. The quantitative estimate of drug-likeness (QED) is 0.621. The zero-order valence-corrected chi connectivity index (χ0v) is 9.12. The normalized spacial score (nSPS) is 13.9. The van der Waals surface area contributed by atoms with Crippen LogP contribution >= 0.6 is 0 Å². The van der Waals surface area contributed by atoms with Gasteiger partial charge >= 0.3 is 0 Å². The fraction of sp³-hybridized carbons (Fsp3) is 1.00. The molecule has 0 radical (unpaired) electrons. The molecule has 3 heteroatoms. The standard InChI is InChI=1S/C8H21NOSi/c1-4-11(7-5-6-9)10-8(2)3/h8,11H,4-7,9H2,1-3H3. The van der Waals surface area contributed by atoms with Crippen molar-refractivity contribution in [1.29, 1.82) is 0 Å². The Morgan fingerprint density at radius 1 is 1.45 bits per heavy atom. The Kier molecular flexibility index (Phi) is 6.91. The van der Waals surface area contributed by atoms with Gasteiger partial charge in [0.2, 0.25) is 0 Å². The molecule has 1 atom stereocenters. The van der Waals surface area contributed by atoms with Gasteiger partial charge in [-0.15, -0.1) is 0 Å². The third kappa shape index (κ3) is 6.53. The second-order valence-corrected chi connectivity index (χ2v) is 6.06. The first kappa shape index (κ1) is 11.1. The molecule has 1 unspecified atom stereocenters. The summed E-state index contributed by atoms with van der Waals surface area (Å²) in [6.45, 7) is 7.25. The van der Waals surface area contributed by atoms with Crippen LogP contribution in [0.5, 0.6) is 0 Å². The molecule has 0 rings (SSSR count). The fourth-order valence-electron chi connectivity index (χ4n) is 1.10. The van der Waals surface area contributed by atoms with Gasteiger partial charge in [0.1, 0.15) is 0 Å². The lowest BCUT2D eigenvalue weighted by Crippen LogP contribution is -2.22. The molecule has 0 aliphatic rings. The Morgan fingerprint density at radius 3 is 2.45 bits per heavy atom. The van der Waals surface area contributed by atoms with E-state index >= 15 is 0 Å². The molecular formula is C8H21NOSi. The van der Waals surface area contributed by atoms with Gasteiger partial charge in [0.25, 0.3) is 0 Å². The van der Waals surface area contributed by atoms with Crippen LogP contribution in [-0.2, 0) is 4.43 Å². The summed E-state index contributed by atoms with van der Waals surface area (Å²) in [5.74, 6) is 0. The van der Waals surface area contributed by atoms with Gasteiger partial charge in [0.15, 0.2) is 9.04 Å². The number of hydrogen-bond acceptors (Lipinski definition) is 2. The van der Waals surface area contributed by atoms with Gasteiger partial charge in [-0.3, -0.25) is 0 Å². The Bertz CT molecular complexity index is 88.2. The molecule has 0 aromatic carbocycles. The maximum Gasteiger partial charge on any atom is 0.177 e. The van der Waals surface area contributed by atoms with Crippen molar-refractivity contribution in [1.82, 2.24) is 0 Å². The highest BCUT2D eigenvalue weighted by Crippen LogP contribution is 2.06. The van der Waals surface area contributed by atoms with Crippen LogP contribution in [0.25, 0.3) is 0 Å². The lowest BCUT2D eigenvalue weighted by molar-refractivity contribution is 0.241. The molecule has 68 valence electrons. The molecule has 0 fully saturated rings. The molecule has 0 saturated carbocycles. The lowest BCUT2D eigenvalue weighted by atomic mass is 10.5. The van der Waals surface area contributed by atoms with Crippen LogP contribution < -0.4 is 5.73 Å². The van der Waals surface area contributed by atoms with Gasteiger partial charge in [-0.05, 0) is 38.9 Å². The van der Waals surface area contributed by atoms with Gasteiger partial charge < -0.3 is 10.2 Å². The third-order valence-corrected chi connectivity index (χ3v) is 4.54. The zero-order valence-electron chi connectivity index (χ0n) is 7.97. The molecule has 0 aliphatic carbocycles. The Morgan fingerprint density at radius 2 is 2.09 bits per heavy atom. The van der Waals surface area contributed by atoms with E-state index in [4.69, 9.17) is 10.2 Å². The van der Waals surface area contributed by atoms with Gasteiger partial charge in [-0.25, -0.2) is 0 Å². The molecule has 0 aromatic heterocycles. The van der Waals surface area contributed by atoms with E-state index in [1.807, 2.05) is 0 Å². The van der Waals surface area contributed by atoms with Gasteiger partial charge in [0, 0.05) is 6.10 Å². The van der Waals surface area contributed by atoms with Crippen LogP contribution in [0.2, 0.25) is 12.1 Å². The molecule has 11 heavy (non-hydrogen) atoms. The highest BCUT2D eigenvalue weighted by atomic mass is 28.3. The molecule has 0 amide bonds. The summed E-state index contributed by atoms with van der Waals surface area (Å²) in [5, 5.41) is 0. The second-order valence-electron chi connectivity index (χ2n) is 3.15. The van der Waals surface area contributed by atoms with Gasteiger partial charge in [-0.1, -0.05) is 6.92 Å².